The fraction of sp³-hybridized carbons (Fsp3) is 0.500. The molecule has 1 aromatic rings. The van der Waals surface area contributed by atoms with Gasteiger partial charge in [0.25, 0.3) is 0 Å². The van der Waals surface area contributed by atoms with E-state index in [2.05, 4.69) is 0 Å². The largest absolute Gasteiger partial charge is 0.390 e. The number of rotatable bonds is 5. The number of aliphatic hydroxyl groups is 2. The monoisotopic (exact) mass is 230 g/mol. The summed E-state index contributed by atoms with van der Waals surface area (Å²) >= 11 is 0. The molecule has 0 heterocycles. The second-order valence-corrected chi connectivity index (χ2v) is 3.91. The maximum atomic E-state index is 12.8. The second kappa shape index (κ2) is 5.92. The molecular formula is C12H16F2O2. The van der Waals surface area contributed by atoms with E-state index in [1.165, 1.54) is 0 Å². The number of benzene rings is 1. The van der Waals surface area contributed by atoms with E-state index in [9.17, 15) is 19.0 Å². The minimum atomic E-state index is -0.985. The Morgan fingerprint density at radius 2 is 1.62 bits per heavy atom. The standard InChI is InChI=1S/C12H16F2O2/c1-2-3-11(15)12(16)6-8-4-9(13)7-10(14)5-8/h4-5,7,11-12,15-16H,2-3,6H2,1H3. The first kappa shape index (κ1) is 13.1. The molecule has 2 nitrogen and oxygen atoms in total. The fourth-order valence-corrected chi connectivity index (χ4v) is 1.59. The molecule has 1 aromatic carbocycles. The van der Waals surface area contributed by atoms with Gasteiger partial charge in [-0.15, -0.1) is 0 Å². The smallest absolute Gasteiger partial charge is 0.126 e. The van der Waals surface area contributed by atoms with Crippen LogP contribution >= 0.6 is 0 Å². The highest BCUT2D eigenvalue weighted by Crippen LogP contribution is 2.13. The Kier molecular flexibility index (Phi) is 4.83. The van der Waals surface area contributed by atoms with Gasteiger partial charge in [0.05, 0.1) is 12.2 Å². The zero-order valence-electron chi connectivity index (χ0n) is 9.16. The van der Waals surface area contributed by atoms with E-state index in [4.69, 9.17) is 0 Å². The zero-order valence-corrected chi connectivity index (χ0v) is 9.16. The van der Waals surface area contributed by atoms with E-state index in [-0.39, 0.29) is 6.42 Å². The third kappa shape index (κ3) is 3.87. The third-order valence-corrected chi connectivity index (χ3v) is 2.40. The molecule has 0 fully saturated rings. The van der Waals surface area contributed by atoms with Crippen LogP contribution in [0.4, 0.5) is 8.78 Å². The molecule has 0 saturated heterocycles. The first-order valence-corrected chi connectivity index (χ1v) is 5.34. The van der Waals surface area contributed by atoms with E-state index >= 15 is 0 Å². The van der Waals surface area contributed by atoms with Crippen molar-refractivity contribution in [2.75, 3.05) is 0 Å². The summed E-state index contributed by atoms with van der Waals surface area (Å²) in [6.07, 6.45) is -0.567. The lowest BCUT2D eigenvalue weighted by Crippen LogP contribution is -2.27. The first-order chi connectivity index (χ1) is 7.52. The van der Waals surface area contributed by atoms with Gasteiger partial charge < -0.3 is 10.2 Å². The van der Waals surface area contributed by atoms with Gasteiger partial charge in [0.1, 0.15) is 11.6 Å². The molecule has 0 aliphatic rings. The Hall–Kier alpha value is -1.00. The van der Waals surface area contributed by atoms with Crippen molar-refractivity contribution in [3.63, 3.8) is 0 Å². The predicted molar refractivity (Wildman–Crippen MR) is 57.0 cm³/mol. The summed E-state index contributed by atoms with van der Waals surface area (Å²) in [6, 6.07) is 3.09. The van der Waals surface area contributed by atoms with Gasteiger partial charge in [-0.25, -0.2) is 8.78 Å². The topological polar surface area (TPSA) is 40.5 Å². The highest BCUT2D eigenvalue weighted by molar-refractivity contribution is 5.18. The van der Waals surface area contributed by atoms with Crippen LogP contribution in [0.15, 0.2) is 18.2 Å². The Morgan fingerprint density at radius 1 is 1.06 bits per heavy atom. The molecule has 16 heavy (non-hydrogen) atoms. The normalized spacial score (nSPS) is 14.8. The van der Waals surface area contributed by atoms with E-state index in [0.29, 0.717) is 12.0 Å². The molecule has 0 saturated carbocycles. The van der Waals surface area contributed by atoms with Crippen LogP contribution in [0.25, 0.3) is 0 Å². The maximum absolute atomic E-state index is 12.8. The van der Waals surface area contributed by atoms with Crippen molar-refractivity contribution < 1.29 is 19.0 Å². The maximum Gasteiger partial charge on any atom is 0.126 e. The summed E-state index contributed by atoms with van der Waals surface area (Å²) in [7, 11) is 0. The van der Waals surface area contributed by atoms with Crippen LogP contribution in [0.2, 0.25) is 0 Å². The Morgan fingerprint density at radius 3 is 2.12 bits per heavy atom. The molecule has 0 radical (unpaired) electrons. The Bertz CT molecular complexity index is 322. The molecule has 2 unspecified atom stereocenters. The minimum Gasteiger partial charge on any atom is -0.390 e. The Balaban J connectivity index is 2.65. The highest BCUT2D eigenvalue weighted by atomic mass is 19.1. The van der Waals surface area contributed by atoms with Crippen LogP contribution < -0.4 is 0 Å². The number of hydrogen-bond donors (Lipinski definition) is 2. The van der Waals surface area contributed by atoms with E-state index in [1.807, 2.05) is 6.92 Å². The molecule has 0 aromatic heterocycles. The summed E-state index contributed by atoms with van der Waals surface area (Å²) in [5.74, 6) is -1.35. The molecule has 0 bridgehead atoms. The molecule has 0 aliphatic carbocycles. The van der Waals surface area contributed by atoms with Gasteiger partial charge in [0.15, 0.2) is 0 Å². The van der Waals surface area contributed by atoms with Crippen LogP contribution in [0.5, 0.6) is 0 Å². The summed E-state index contributed by atoms with van der Waals surface area (Å²) in [5, 5.41) is 19.1. The van der Waals surface area contributed by atoms with Gasteiger partial charge in [0.2, 0.25) is 0 Å². The molecular weight excluding hydrogens is 214 g/mol. The molecule has 2 N–H and O–H groups in total. The van der Waals surface area contributed by atoms with Gasteiger partial charge in [-0.3, -0.25) is 0 Å². The summed E-state index contributed by atoms with van der Waals surface area (Å²) in [4.78, 5) is 0. The quantitative estimate of drug-likeness (QED) is 0.812. The second-order valence-electron chi connectivity index (χ2n) is 3.91. The van der Waals surface area contributed by atoms with Crippen LogP contribution in [0.1, 0.15) is 25.3 Å². The van der Waals surface area contributed by atoms with Crippen molar-refractivity contribution in [1.29, 1.82) is 0 Å². The SMILES string of the molecule is CCCC(O)C(O)Cc1cc(F)cc(F)c1. The van der Waals surface area contributed by atoms with E-state index in [0.717, 1.165) is 24.6 Å². The molecule has 4 heteroatoms. The molecule has 0 amide bonds. The average molecular weight is 230 g/mol. The van der Waals surface area contributed by atoms with E-state index < -0.39 is 23.8 Å². The average Bonchev–Trinajstić information content (AvgIpc) is 2.16. The van der Waals surface area contributed by atoms with Crippen LogP contribution in [0.3, 0.4) is 0 Å². The zero-order chi connectivity index (χ0) is 12.1. The van der Waals surface area contributed by atoms with Gasteiger partial charge in [0, 0.05) is 12.5 Å². The van der Waals surface area contributed by atoms with Crippen molar-refractivity contribution in [3.8, 4) is 0 Å². The number of aliphatic hydroxyl groups excluding tert-OH is 2. The van der Waals surface area contributed by atoms with Crippen molar-refractivity contribution in [1.82, 2.24) is 0 Å². The lowest BCUT2D eigenvalue weighted by Gasteiger charge is -2.17. The van der Waals surface area contributed by atoms with Crippen molar-refractivity contribution in [3.05, 3.63) is 35.4 Å². The number of halogens is 2. The van der Waals surface area contributed by atoms with Crippen molar-refractivity contribution >= 4 is 0 Å². The molecule has 1 rings (SSSR count). The Labute approximate surface area is 93.5 Å². The van der Waals surface area contributed by atoms with Crippen molar-refractivity contribution in [2.24, 2.45) is 0 Å². The van der Waals surface area contributed by atoms with Gasteiger partial charge in [-0.05, 0) is 24.1 Å². The molecule has 0 aliphatic heterocycles. The fourth-order valence-electron chi connectivity index (χ4n) is 1.59. The molecule has 2 atom stereocenters. The highest BCUT2D eigenvalue weighted by Gasteiger charge is 2.16. The lowest BCUT2D eigenvalue weighted by molar-refractivity contribution is 0.0147. The van der Waals surface area contributed by atoms with Crippen LogP contribution in [0, 0.1) is 11.6 Å². The predicted octanol–water partition coefficient (Wildman–Crippen LogP) is 2.03. The summed E-state index contributed by atoms with van der Waals surface area (Å²) in [6.45, 7) is 1.89. The van der Waals surface area contributed by atoms with Crippen LogP contribution in [-0.4, -0.2) is 22.4 Å². The third-order valence-electron chi connectivity index (χ3n) is 2.40. The summed E-state index contributed by atoms with van der Waals surface area (Å²) in [5.41, 5.74) is 0.347. The molecule has 0 spiro atoms. The lowest BCUT2D eigenvalue weighted by atomic mass is 10.0. The number of hydrogen-bond acceptors (Lipinski definition) is 2. The summed E-state index contributed by atoms with van der Waals surface area (Å²) < 4.78 is 25.7. The van der Waals surface area contributed by atoms with Crippen molar-refractivity contribution in [2.45, 2.75) is 38.4 Å². The van der Waals surface area contributed by atoms with E-state index in [1.54, 1.807) is 0 Å². The van der Waals surface area contributed by atoms with Crippen LogP contribution in [-0.2, 0) is 6.42 Å². The van der Waals surface area contributed by atoms with Gasteiger partial charge in [-0.1, -0.05) is 13.3 Å². The van der Waals surface area contributed by atoms with Gasteiger partial charge in [-0.2, -0.15) is 0 Å². The minimum absolute atomic E-state index is 0.0514. The van der Waals surface area contributed by atoms with Gasteiger partial charge >= 0.3 is 0 Å². The molecule has 90 valence electrons. The first-order valence-electron chi connectivity index (χ1n) is 5.34.